The predicted molar refractivity (Wildman–Crippen MR) is 103 cm³/mol. The molecule has 1 amide bonds. The van der Waals surface area contributed by atoms with E-state index in [9.17, 15) is 4.79 Å². The van der Waals surface area contributed by atoms with E-state index in [1.165, 1.54) is 18.4 Å². The minimum absolute atomic E-state index is 0.0619. The lowest BCUT2D eigenvalue weighted by atomic mass is 10.00. The van der Waals surface area contributed by atoms with Crippen LogP contribution < -0.4 is 5.32 Å². The van der Waals surface area contributed by atoms with Crippen LogP contribution in [0.25, 0.3) is 0 Å². The second-order valence-electron chi connectivity index (χ2n) is 7.17. The molecule has 0 bridgehead atoms. The van der Waals surface area contributed by atoms with Crippen LogP contribution in [-0.2, 0) is 6.42 Å². The van der Waals surface area contributed by atoms with E-state index >= 15 is 0 Å². The molecule has 2 heterocycles. The highest BCUT2D eigenvalue weighted by molar-refractivity contribution is 7.09. The maximum absolute atomic E-state index is 12.4. The molecule has 0 saturated carbocycles. The number of carbonyl (C=O) groups is 1. The summed E-state index contributed by atoms with van der Waals surface area (Å²) in [4.78, 5) is 19.4. The van der Waals surface area contributed by atoms with E-state index in [0.29, 0.717) is 5.69 Å². The number of thiazole rings is 1. The summed E-state index contributed by atoms with van der Waals surface area (Å²) in [5, 5.41) is 5.94. The van der Waals surface area contributed by atoms with Gasteiger partial charge in [-0.05, 0) is 37.8 Å². The molecule has 2 unspecified atom stereocenters. The van der Waals surface area contributed by atoms with Gasteiger partial charge in [-0.1, -0.05) is 37.3 Å². The summed E-state index contributed by atoms with van der Waals surface area (Å²) in [7, 11) is 0. The molecule has 2 atom stereocenters. The van der Waals surface area contributed by atoms with Crippen molar-refractivity contribution >= 4 is 17.2 Å². The van der Waals surface area contributed by atoms with Gasteiger partial charge in [0.2, 0.25) is 0 Å². The Hall–Kier alpha value is -1.72. The van der Waals surface area contributed by atoms with Crippen LogP contribution in [0.5, 0.6) is 0 Å². The molecular formula is C20H27N3OS. The van der Waals surface area contributed by atoms with Crippen molar-refractivity contribution in [1.29, 1.82) is 0 Å². The van der Waals surface area contributed by atoms with Crippen molar-refractivity contribution in [2.24, 2.45) is 5.92 Å². The van der Waals surface area contributed by atoms with E-state index in [1.807, 2.05) is 23.6 Å². The highest BCUT2D eigenvalue weighted by atomic mass is 32.1. The maximum atomic E-state index is 12.4. The molecule has 1 fully saturated rings. The van der Waals surface area contributed by atoms with Crippen molar-refractivity contribution in [3.8, 4) is 0 Å². The van der Waals surface area contributed by atoms with Crippen LogP contribution in [-0.4, -0.2) is 41.5 Å². The van der Waals surface area contributed by atoms with Crippen molar-refractivity contribution in [3.63, 3.8) is 0 Å². The lowest BCUT2D eigenvalue weighted by molar-refractivity contribution is 0.0915. The molecule has 0 spiro atoms. The number of benzene rings is 1. The monoisotopic (exact) mass is 357 g/mol. The quantitative estimate of drug-likeness (QED) is 0.859. The normalized spacial score (nSPS) is 19.5. The fourth-order valence-corrected chi connectivity index (χ4v) is 4.26. The number of piperidine rings is 1. The number of likely N-dealkylation sites (tertiary alicyclic amines) is 1. The smallest absolute Gasteiger partial charge is 0.271 e. The van der Waals surface area contributed by atoms with Crippen molar-refractivity contribution in [2.45, 2.75) is 39.2 Å². The third-order valence-corrected chi connectivity index (χ3v) is 5.48. The summed E-state index contributed by atoms with van der Waals surface area (Å²) >= 11 is 1.55. The zero-order valence-electron chi connectivity index (χ0n) is 15.1. The van der Waals surface area contributed by atoms with Crippen LogP contribution in [0.15, 0.2) is 35.7 Å². The number of hydrogen-bond acceptors (Lipinski definition) is 4. The van der Waals surface area contributed by atoms with Crippen molar-refractivity contribution < 1.29 is 4.79 Å². The average Bonchev–Trinajstić information content (AvgIpc) is 3.04. The Morgan fingerprint density at radius 1 is 1.40 bits per heavy atom. The third-order valence-electron chi connectivity index (χ3n) is 4.63. The molecule has 134 valence electrons. The van der Waals surface area contributed by atoms with E-state index in [2.05, 4.69) is 41.2 Å². The van der Waals surface area contributed by atoms with Crippen molar-refractivity contribution in [3.05, 3.63) is 52.0 Å². The number of amides is 1. The molecular weight excluding hydrogens is 330 g/mol. The Kier molecular flexibility index (Phi) is 6.21. The summed E-state index contributed by atoms with van der Waals surface area (Å²) in [5.41, 5.74) is 1.76. The fourth-order valence-electron chi connectivity index (χ4n) is 3.45. The van der Waals surface area contributed by atoms with Gasteiger partial charge in [-0.3, -0.25) is 4.79 Å². The molecule has 5 heteroatoms. The molecule has 1 aromatic carbocycles. The topological polar surface area (TPSA) is 45.2 Å². The first-order valence-electron chi connectivity index (χ1n) is 9.11. The van der Waals surface area contributed by atoms with Crippen LogP contribution in [0.2, 0.25) is 0 Å². The zero-order valence-corrected chi connectivity index (χ0v) is 15.9. The Bertz CT molecular complexity index is 685. The van der Waals surface area contributed by atoms with E-state index in [4.69, 9.17) is 0 Å². The van der Waals surface area contributed by atoms with Gasteiger partial charge in [0.05, 0.1) is 5.01 Å². The van der Waals surface area contributed by atoms with Crippen LogP contribution in [0.3, 0.4) is 0 Å². The van der Waals surface area contributed by atoms with Crippen molar-refractivity contribution in [1.82, 2.24) is 15.2 Å². The maximum Gasteiger partial charge on any atom is 0.271 e. The minimum Gasteiger partial charge on any atom is -0.347 e. The molecule has 1 aliphatic heterocycles. The molecule has 1 aliphatic rings. The molecule has 1 saturated heterocycles. The minimum atomic E-state index is -0.0619. The molecule has 25 heavy (non-hydrogen) atoms. The Balaban J connectivity index is 1.51. The molecule has 2 aromatic rings. The molecule has 0 radical (unpaired) electrons. The first kappa shape index (κ1) is 18.1. The molecule has 4 nitrogen and oxygen atoms in total. The van der Waals surface area contributed by atoms with E-state index in [-0.39, 0.29) is 11.9 Å². The Labute approximate surface area is 154 Å². The average molecular weight is 358 g/mol. The molecule has 3 rings (SSSR count). The van der Waals surface area contributed by atoms with Crippen LogP contribution in [0, 0.1) is 5.92 Å². The number of carbonyl (C=O) groups excluding carboxylic acids is 1. The van der Waals surface area contributed by atoms with Gasteiger partial charge in [0.25, 0.3) is 5.91 Å². The Morgan fingerprint density at radius 3 is 2.96 bits per heavy atom. The second-order valence-corrected chi connectivity index (χ2v) is 8.11. The van der Waals surface area contributed by atoms with Gasteiger partial charge in [-0.2, -0.15) is 0 Å². The number of hydrogen-bond donors (Lipinski definition) is 1. The van der Waals surface area contributed by atoms with Gasteiger partial charge < -0.3 is 10.2 Å². The number of nitrogens with one attached hydrogen (secondary N) is 1. The van der Waals surface area contributed by atoms with Gasteiger partial charge >= 0.3 is 0 Å². The summed E-state index contributed by atoms with van der Waals surface area (Å²) in [5.74, 6) is 0.698. The lowest BCUT2D eigenvalue weighted by Gasteiger charge is -2.32. The van der Waals surface area contributed by atoms with Gasteiger partial charge in [-0.25, -0.2) is 4.98 Å². The highest BCUT2D eigenvalue weighted by Gasteiger charge is 2.20. The molecule has 1 aromatic heterocycles. The fraction of sp³-hybridized carbons (Fsp3) is 0.500. The van der Waals surface area contributed by atoms with Crippen LogP contribution in [0.1, 0.15) is 47.7 Å². The molecule has 0 aliphatic carbocycles. The number of aromatic nitrogens is 1. The lowest BCUT2D eigenvalue weighted by Crippen LogP contribution is -2.45. The molecule has 1 N–H and O–H groups in total. The predicted octanol–water partition coefficient (Wildman–Crippen LogP) is 3.58. The first-order valence-corrected chi connectivity index (χ1v) is 9.99. The standard InChI is InChI=1S/C20H27N3OS/c1-15-7-6-10-23(12-15)13-16(2)21-20(24)18-14-25-19(22-18)11-17-8-4-3-5-9-17/h3-5,8-9,14-16H,6-7,10-13H2,1-2H3,(H,21,24). The third kappa shape index (κ3) is 5.38. The SMILES string of the molecule is CC1CCCN(CC(C)NC(=O)c2csc(Cc3ccccc3)n2)C1. The van der Waals surface area contributed by atoms with E-state index in [0.717, 1.165) is 37.0 Å². The second kappa shape index (κ2) is 8.59. The summed E-state index contributed by atoms with van der Waals surface area (Å²) < 4.78 is 0. The highest BCUT2D eigenvalue weighted by Crippen LogP contribution is 2.16. The first-order chi connectivity index (χ1) is 12.1. The summed E-state index contributed by atoms with van der Waals surface area (Å²) in [6.45, 7) is 7.57. The van der Waals surface area contributed by atoms with E-state index < -0.39 is 0 Å². The number of nitrogens with zero attached hydrogens (tertiary/aromatic N) is 2. The number of rotatable bonds is 6. The Morgan fingerprint density at radius 2 is 2.20 bits per heavy atom. The van der Waals surface area contributed by atoms with Gasteiger partial charge in [-0.15, -0.1) is 11.3 Å². The van der Waals surface area contributed by atoms with Gasteiger partial charge in [0.1, 0.15) is 5.69 Å². The van der Waals surface area contributed by atoms with Crippen molar-refractivity contribution in [2.75, 3.05) is 19.6 Å². The van der Waals surface area contributed by atoms with Crippen LogP contribution >= 0.6 is 11.3 Å². The summed E-state index contributed by atoms with van der Waals surface area (Å²) in [6, 6.07) is 10.4. The van der Waals surface area contributed by atoms with E-state index in [1.54, 1.807) is 11.3 Å². The largest absolute Gasteiger partial charge is 0.347 e. The van der Waals surface area contributed by atoms with Gasteiger partial charge in [0.15, 0.2) is 0 Å². The summed E-state index contributed by atoms with van der Waals surface area (Å²) in [6.07, 6.45) is 3.36. The van der Waals surface area contributed by atoms with Gasteiger partial charge in [0, 0.05) is 30.9 Å². The zero-order chi connectivity index (χ0) is 17.6. The van der Waals surface area contributed by atoms with Crippen LogP contribution in [0.4, 0.5) is 0 Å².